The van der Waals surface area contributed by atoms with E-state index in [0.29, 0.717) is 39.0 Å². The number of ether oxygens (including phenoxy) is 2. The van der Waals surface area contributed by atoms with Gasteiger partial charge in [0.1, 0.15) is 33.4 Å². The zero-order valence-corrected chi connectivity index (χ0v) is 19.0. The molecule has 5 aromatic rings. The molecular weight excluding hydrogens is 451 g/mol. The smallest absolute Gasteiger partial charge is 0.195 e. The van der Waals surface area contributed by atoms with Gasteiger partial charge in [-0.25, -0.2) is 4.98 Å². The van der Waals surface area contributed by atoms with E-state index >= 15 is 0 Å². The lowest BCUT2D eigenvalue weighted by Crippen LogP contribution is -2.31. The van der Waals surface area contributed by atoms with Gasteiger partial charge in [-0.15, -0.1) is 11.3 Å². The van der Waals surface area contributed by atoms with Crippen molar-refractivity contribution in [1.82, 2.24) is 9.97 Å². The van der Waals surface area contributed by atoms with E-state index in [2.05, 4.69) is 9.97 Å². The summed E-state index contributed by atoms with van der Waals surface area (Å²) in [5, 5.41) is 4.09. The monoisotopic (exact) mass is 468 g/mol. The van der Waals surface area contributed by atoms with E-state index in [4.69, 9.17) is 9.47 Å². The molecular formula is C26H17N2O3PS. The van der Waals surface area contributed by atoms with Crippen molar-refractivity contribution >= 4 is 34.5 Å². The van der Waals surface area contributed by atoms with Crippen molar-refractivity contribution in [2.75, 3.05) is 0 Å². The van der Waals surface area contributed by atoms with Crippen LogP contribution in [0.5, 0.6) is 23.0 Å². The molecule has 1 aliphatic rings. The molecule has 6 rings (SSSR count). The second-order valence-corrected chi connectivity index (χ2v) is 11.0. The normalized spacial score (nSPS) is 16.4. The molecule has 7 heteroatoms. The number of thiazole rings is 1. The molecule has 5 nitrogen and oxygen atoms in total. The van der Waals surface area contributed by atoms with Crippen LogP contribution in [-0.4, -0.2) is 9.97 Å². The highest BCUT2D eigenvalue weighted by atomic mass is 32.1. The molecule has 2 aromatic heterocycles. The maximum Gasteiger partial charge on any atom is 0.195 e. The second-order valence-electron chi connectivity index (χ2n) is 7.46. The first-order chi connectivity index (χ1) is 16.2. The molecule has 3 heterocycles. The third-order valence-electron chi connectivity index (χ3n) is 5.41. The van der Waals surface area contributed by atoms with Gasteiger partial charge < -0.3 is 14.0 Å². The quantitative estimate of drug-likeness (QED) is 0.309. The van der Waals surface area contributed by atoms with Gasteiger partial charge in [-0.05, 0) is 54.6 Å². The molecule has 0 N–H and O–H groups in total. The molecule has 3 aromatic carbocycles. The second kappa shape index (κ2) is 8.00. The molecule has 0 aliphatic carbocycles. The number of hydrogen-bond donors (Lipinski definition) is 0. The molecule has 0 amide bonds. The first-order valence-electron chi connectivity index (χ1n) is 10.3. The van der Waals surface area contributed by atoms with E-state index in [9.17, 15) is 4.57 Å². The van der Waals surface area contributed by atoms with Crippen LogP contribution >= 0.6 is 18.5 Å². The van der Waals surface area contributed by atoms with Crippen molar-refractivity contribution in [2.24, 2.45) is 0 Å². The Kier molecular flexibility index (Phi) is 4.83. The lowest BCUT2D eigenvalue weighted by molar-refractivity contribution is 0.471. The summed E-state index contributed by atoms with van der Waals surface area (Å²) in [5.41, 5.74) is 1.50. The number of rotatable bonds is 4. The fourth-order valence-corrected chi connectivity index (χ4v) is 7.31. The Labute approximate surface area is 194 Å². The minimum atomic E-state index is -3.25. The molecule has 160 valence electrons. The maximum atomic E-state index is 14.7. The molecule has 0 saturated heterocycles. The minimum Gasteiger partial charge on any atom is -0.457 e. The van der Waals surface area contributed by atoms with Crippen LogP contribution in [-0.2, 0) is 4.57 Å². The van der Waals surface area contributed by atoms with E-state index in [1.165, 1.54) is 0 Å². The largest absolute Gasteiger partial charge is 0.457 e. The molecule has 1 unspecified atom stereocenters. The Morgan fingerprint density at radius 2 is 1.61 bits per heavy atom. The molecule has 0 radical (unpaired) electrons. The average molecular weight is 468 g/mol. The Balaban J connectivity index is 1.44. The number of hydrogen-bond acceptors (Lipinski definition) is 6. The van der Waals surface area contributed by atoms with Gasteiger partial charge in [-0.2, -0.15) is 0 Å². The lowest BCUT2D eigenvalue weighted by atomic mass is 10.2. The summed E-state index contributed by atoms with van der Waals surface area (Å²) in [5.74, 6) is 2.38. The molecule has 0 saturated carbocycles. The zero-order valence-electron chi connectivity index (χ0n) is 17.3. The van der Waals surface area contributed by atoms with Gasteiger partial charge in [0.25, 0.3) is 0 Å². The van der Waals surface area contributed by atoms with Crippen molar-refractivity contribution in [3.8, 4) is 33.6 Å². The van der Waals surface area contributed by atoms with Crippen molar-refractivity contribution < 1.29 is 14.0 Å². The van der Waals surface area contributed by atoms with Crippen LogP contribution in [0.25, 0.3) is 10.6 Å². The van der Waals surface area contributed by atoms with Crippen LogP contribution in [0.4, 0.5) is 0 Å². The third kappa shape index (κ3) is 3.44. The van der Waals surface area contributed by atoms with Gasteiger partial charge in [0.05, 0.1) is 10.6 Å². The maximum absolute atomic E-state index is 14.7. The molecule has 0 bridgehead atoms. The first kappa shape index (κ1) is 19.9. The summed E-state index contributed by atoms with van der Waals surface area (Å²) in [4.78, 5) is 8.83. The summed E-state index contributed by atoms with van der Waals surface area (Å²) in [6.45, 7) is 0. The van der Waals surface area contributed by atoms with Crippen molar-refractivity contribution in [2.45, 2.75) is 0 Å². The van der Waals surface area contributed by atoms with Gasteiger partial charge in [0, 0.05) is 23.3 Å². The summed E-state index contributed by atoms with van der Waals surface area (Å²) >= 11 is 1.57. The Morgan fingerprint density at radius 1 is 0.758 bits per heavy atom. The minimum absolute atomic E-state index is 0.518. The highest BCUT2D eigenvalue weighted by molar-refractivity contribution is 7.85. The summed E-state index contributed by atoms with van der Waals surface area (Å²) in [6.07, 6.45) is 3.45. The van der Waals surface area contributed by atoms with Crippen LogP contribution in [0, 0.1) is 0 Å². The predicted molar refractivity (Wildman–Crippen MR) is 131 cm³/mol. The molecule has 0 spiro atoms. The van der Waals surface area contributed by atoms with Gasteiger partial charge in [-0.1, -0.05) is 30.3 Å². The molecule has 0 fully saturated rings. The Morgan fingerprint density at radius 3 is 2.45 bits per heavy atom. The van der Waals surface area contributed by atoms with Crippen molar-refractivity contribution in [3.05, 3.63) is 103 Å². The summed E-state index contributed by atoms with van der Waals surface area (Å²) in [7, 11) is -3.25. The number of benzene rings is 3. The number of nitrogens with zero attached hydrogens (tertiary/aromatic N) is 2. The van der Waals surface area contributed by atoms with Gasteiger partial charge >= 0.3 is 0 Å². The van der Waals surface area contributed by atoms with Gasteiger partial charge in [0.15, 0.2) is 7.14 Å². The lowest BCUT2D eigenvalue weighted by Gasteiger charge is -2.28. The molecule has 1 atom stereocenters. The topological polar surface area (TPSA) is 61.3 Å². The highest BCUT2D eigenvalue weighted by Crippen LogP contribution is 2.51. The van der Waals surface area contributed by atoms with Crippen LogP contribution in [0.3, 0.4) is 0 Å². The van der Waals surface area contributed by atoms with Gasteiger partial charge in [0.2, 0.25) is 0 Å². The fraction of sp³-hybridized carbons (Fsp3) is 0. The van der Waals surface area contributed by atoms with E-state index in [-0.39, 0.29) is 0 Å². The van der Waals surface area contributed by atoms with Crippen molar-refractivity contribution in [3.63, 3.8) is 0 Å². The first-order valence-corrected chi connectivity index (χ1v) is 12.9. The standard InChI is InChI=1S/C26H17N2O3PS/c29-32(25-10-3-4-13-27-25)23-9-2-1-8-21(23)31-22-12-11-20(17-24(22)32)30-19-7-5-6-18(16-19)26-28-14-15-33-26/h1-17H. The van der Waals surface area contributed by atoms with Crippen molar-refractivity contribution in [1.29, 1.82) is 0 Å². The van der Waals surface area contributed by atoms with E-state index < -0.39 is 7.14 Å². The molecule has 1 aliphatic heterocycles. The highest BCUT2D eigenvalue weighted by Gasteiger charge is 2.40. The van der Waals surface area contributed by atoms with E-state index in [0.717, 1.165) is 10.6 Å². The zero-order chi connectivity index (χ0) is 22.3. The van der Waals surface area contributed by atoms with Crippen LogP contribution in [0.15, 0.2) is 103 Å². The van der Waals surface area contributed by atoms with Crippen LogP contribution in [0.2, 0.25) is 0 Å². The number of aromatic nitrogens is 2. The third-order valence-corrected chi connectivity index (χ3v) is 9.22. The van der Waals surface area contributed by atoms with E-state index in [1.807, 2.05) is 72.1 Å². The fourth-order valence-electron chi connectivity index (χ4n) is 3.93. The average Bonchev–Trinajstić information content (AvgIpc) is 3.41. The number of fused-ring (bicyclic) bond motifs is 2. The van der Waals surface area contributed by atoms with E-state index in [1.54, 1.807) is 41.9 Å². The number of para-hydroxylation sites is 1. The Hall–Kier alpha value is -3.73. The van der Waals surface area contributed by atoms with Crippen LogP contribution in [0.1, 0.15) is 0 Å². The van der Waals surface area contributed by atoms with Gasteiger partial charge in [-0.3, -0.25) is 4.98 Å². The SMILES string of the molecule is O=P1(c2ccccn2)c2ccccc2Oc2ccc(Oc3cccc(-c4nccs4)c3)cc21. The molecule has 33 heavy (non-hydrogen) atoms. The van der Waals surface area contributed by atoms with Crippen LogP contribution < -0.4 is 25.5 Å². The number of pyridine rings is 1. The Bertz CT molecular complexity index is 1500. The predicted octanol–water partition coefficient (Wildman–Crippen LogP) is 5.74. The summed E-state index contributed by atoms with van der Waals surface area (Å²) in [6, 6.07) is 26.1. The summed E-state index contributed by atoms with van der Waals surface area (Å²) < 4.78 is 27.0.